The summed E-state index contributed by atoms with van der Waals surface area (Å²) in [6.45, 7) is -2.39. The van der Waals surface area contributed by atoms with Gasteiger partial charge in [-0.2, -0.15) is 8.78 Å². The monoisotopic (exact) mass is 380 g/mol. The van der Waals surface area contributed by atoms with Crippen LogP contribution in [0.5, 0.6) is 5.75 Å². The van der Waals surface area contributed by atoms with Crippen molar-refractivity contribution >= 4 is 28.8 Å². The predicted molar refractivity (Wildman–Crippen MR) is 94.5 cm³/mol. The second kappa shape index (κ2) is 8.27. The fraction of sp³-hybridized carbons (Fsp3) is 0.333. The van der Waals surface area contributed by atoms with Gasteiger partial charge >= 0.3 is 6.61 Å². The van der Waals surface area contributed by atoms with Gasteiger partial charge in [0.1, 0.15) is 11.8 Å². The third-order valence-electron chi connectivity index (χ3n) is 4.11. The molecule has 138 valence electrons. The fourth-order valence-corrected chi connectivity index (χ4v) is 3.67. The molecule has 0 radical (unpaired) electrons. The molecule has 1 saturated heterocycles. The van der Waals surface area contributed by atoms with Gasteiger partial charge in [-0.15, -0.1) is 11.3 Å². The van der Waals surface area contributed by atoms with E-state index >= 15 is 0 Å². The molecule has 5 nitrogen and oxygen atoms in total. The Balaban J connectivity index is 1.64. The Kier molecular flexibility index (Phi) is 5.82. The van der Waals surface area contributed by atoms with Gasteiger partial charge in [0, 0.05) is 23.2 Å². The molecule has 2 aromatic rings. The van der Waals surface area contributed by atoms with Crippen molar-refractivity contribution in [3.63, 3.8) is 0 Å². The number of carbonyl (C=O) groups excluding carboxylic acids is 2. The zero-order valence-corrected chi connectivity index (χ0v) is 14.7. The first-order chi connectivity index (χ1) is 12.5. The smallest absolute Gasteiger partial charge is 0.387 e. The van der Waals surface area contributed by atoms with Crippen LogP contribution >= 0.6 is 11.3 Å². The number of rotatable bonds is 6. The number of nitrogens with one attached hydrogen (secondary N) is 1. The van der Waals surface area contributed by atoms with Gasteiger partial charge < -0.3 is 15.0 Å². The molecule has 1 aromatic heterocycles. The molecule has 1 aromatic carbocycles. The molecule has 0 spiro atoms. The normalized spacial score (nSPS) is 16.7. The minimum absolute atomic E-state index is 0.0325. The van der Waals surface area contributed by atoms with Crippen molar-refractivity contribution in [3.8, 4) is 5.75 Å². The van der Waals surface area contributed by atoms with Crippen molar-refractivity contribution in [1.82, 2.24) is 4.90 Å². The Morgan fingerprint density at radius 3 is 2.88 bits per heavy atom. The van der Waals surface area contributed by atoms with Gasteiger partial charge in [0.25, 0.3) is 0 Å². The van der Waals surface area contributed by atoms with Crippen LogP contribution in [-0.4, -0.2) is 35.9 Å². The predicted octanol–water partition coefficient (Wildman–Crippen LogP) is 3.52. The average molecular weight is 380 g/mol. The lowest BCUT2D eigenvalue weighted by Crippen LogP contribution is -2.43. The van der Waals surface area contributed by atoms with Crippen molar-refractivity contribution in [1.29, 1.82) is 0 Å². The number of nitrogens with zero attached hydrogens (tertiary/aromatic N) is 1. The quantitative estimate of drug-likeness (QED) is 0.834. The van der Waals surface area contributed by atoms with E-state index in [0.717, 1.165) is 11.3 Å². The molecule has 1 N–H and O–H groups in total. The molecular formula is C18H18F2N2O3S. The Morgan fingerprint density at radius 2 is 2.15 bits per heavy atom. The summed E-state index contributed by atoms with van der Waals surface area (Å²) >= 11 is 1.51. The largest absolute Gasteiger partial charge is 0.435 e. The van der Waals surface area contributed by atoms with Crippen molar-refractivity contribution in [2.24, 2.45) is 0 Å². The first-order valence-electron chi connectivity index (χ1n) is 8.20. The lowest BCUT2D eigenvalue weighted by atomic mass is 10.2. The molecule has 8 heteroatoms. The Hall–Kier alpha value is -2.48. The second-order valence-corrected chi connectivity index (χ2v) is 6.93. The summed E-state index contributed by atoms with van der Waals surface area (Å²) in [5, 5.41) is 4.59. The van der Waals surface area contributed by atoms with Crippen LogP contribution in [-0.2, 0) is 16.0 Å². The van der Waals surface area contributed by atoms with E-state index in [1.54, 1.807) is 11.0 Å². The molecule has 0 saturated carbocycles. The Morgan fingerprint density at radius 1 is 1.31 bits per heavy atom. The number of anilines is 1. The molecule has 0 bridgehead atoms. The van der Waals surface area contributed by atoms with Crippen LogP contribution in [0.4, 0.5) is 14.5 Å². The Bertz CT molecular complexity index is 768. The lowest BCUT2D eigenvalue weighted by Gasteiger charge is -2.24. The molecule has 26 heavy (non-hydrogen) atoms. The van der Waals surface area contributed by atoms with Crippen LogP contribution in [0.3, 0.4) is 0 Å². The molecule has 1 aliphatic rings. The van der Waals surface area contributed by atoms with E-state index < -0.39 is 12.7 Å². The summed E-state index contributed by atoms with van der Waals surface area (Å²) in [5.41, 5.74) is 0.353. The van der Waals surface area contributed by atoms with E-state index in [-0.39, 0.29) is 24.0 Å². The second-order valence-electron chi connectivity index (χ2n) is 5.90. The first-order valence-corrected chi connectivity index (χ1v) is 9.08. The maximum absolute atomic E-state index is 12.6. The molecule has 1 unspecified atom stereocenters. The molecule has 1 aliphatic heterocycles. The summed E-state index contributed by atoms with van der Waals surface area (Å²) in [7, 11) is 0. The summed E-state index contributed by atoms with van der Waals surface area (Å²) in [6, 6.07) is 9.04. The van der Waals surface area contributed by atoms with Crippen molar-refractivity contribution < 1.29 is 23.1 Å². The van der Waals surface area contributed by atoms with Crippen molar-refractivity contribution in [3.05, 3.63) is 46.7 Å². The number of likely N-dealkylation sites (tertiary alicyclic amines) is 1. The van der Waals surface area contributed by atoms with Crippen molar-refractivity contribution in [2.45, 2.75) is 31.9 Å². The number of amides is 2. The number of ether oxygens (including phenoxy) is 1. The Labute approximate surface area is 153 Å². The molecule has 3 rings (SSSR count). The molecule has 1 atom stereocenters. The highest BCUT2D eigenvalue weighted by molar-refractivity contribution is 7.10. The number of thiophene rings is 1. The van der Waals surface area contributed by atoms with Gasteiger partial charge in [0.05, 0.1) is 6.42 Å². The molecule has 0 aliphatic carbocycles. The third kappa shape index (κ3) is 4.57. The molecule has 1 fully saturated rings. The standard InChI is InChI=1S/C18H18F2N2O3S/c19-18(20)25-13-5-1-4-12(10-13)21-17(24)15-7-2-8-22(15)16(23)11-14-6-3-9-26-14/h1,3-6,9-10,15,18H,2,7-8,11H2,(H,21,24). The van der Waals surface area contributed by atoms with Crippen LogP contribution in [0, 0.1) is 0 Å². The van der Waals surface area contributed by atoms with Gasteiger partial charge in [-0.1, -0.05) is 12.1 Å². The van der Waals surface area contributed by atoms with E-state index in [2.05, 4.69) is 10.1 Å². The van der Waals surface area contributed by atoms with Crippen LogP contribution in [0.2, 0.25) is 0 Å². The van der Waals surface area contributed by atoms with E-state index in [9.17, 15) is 18.4 Å². The van der Waals surface area contributed by atoms with Crippen molar-refractivity contribution in [2.75, 3.05) is 11.9 Å². The van der Waals surface area contributed by atoms with Gasteiger partial charge in [0.2, 0.25) is 11.8 Å². The number of halogens is 2. The maximum Gasteiger partial charge on any atom is 0.387 e. The van der Waals surface area contributed by atoms with Crippen LogP contribution < -0.4 is 10.1 Å². The summed E-state index contributed by atoms with van der Waals surface area (Å²) in [5.74, 6) is -0.439. The number of benzene rings is 1. The zero-order valence-electron chi connectivity index (χ0n) is 13.9. The molecule has 2 amide bonds. The minimum atomic E-state index is -2.93. The number of hydrogen-bond acceptors (Lipinski definition) is 4. The molecular weight excluding hydrogens is 362 g/mol. The fourth-order valence-electron chi connectivity index (χ4n) is 2.98. The maximum atomic E-state index is 12.6. The van der Waals surface area contributed by atoms with Gasteiger partial charge in [-0.05, 0) is 36.4 Å². The van der Waals surface area contributed by atoms with E-state index in [1.165, 1.54) is 29.5 Å². The van der Waals surface area contributed by atoms with Gasteiger partial charge in [0.15, 0.2) is 0 Å². The average Bonchev–Trinajstić information content (AvgIpc) is 3.25. The number of carbonyl (C=O) groups is 2. The summed E-state index contributed by atoms with van der Waals surface area (Å²) in [6.07, 6.45) is 1.61. The number of hydrogen-bond donors (Lipinski definition) is 1. The van der Waals surface area contributed by atoms with Gasteiger partial charge in [-0.3, -0.25) is 9.59 Å². The SMILES string of the molecule is O=C(Nc1cccc(OC(F)F)c1)C1CCCN1C(=O)Cc1cccs1. The summed E-state index contributed by atoms with van der Waals surface area (Å²) in [4.78, 5) is 27.6. The van der Waals surface area contributed by atoms with E-state index in [4.69, 9.17) is 0 Å². The number of alkyl halides is 2. The summed E-state index contributed by atoms with van der Waals surface area (Å²) < 4.78 is 28.9. The zero-order chi connectivity index (χ0) is 18.5. The lowest BCUT2D eigenvalue weighted by molar-refractivity contribution is -0.136. The highest BCUT2D eigenvalue weighted by Gasteiger charge is 2.34. The van der Waals surface area contributed by atoms with Gasteiger partial charge in [-0.25, -0.2) is 0 Å². The highest BCUT2D eigenvalue weighted by atomic mass is 32.1. The highest BCUT2D eigenvalue weighted by Crippen LogP contribution is 2.23. The van der Waals surface area contributed by atoms with Crippen LogP contribution in [0.1, 0.15) is 17.7 Å². The third-order valence-corrected chi connectivity index (χ3v) is 4.98. The topological polar surface area (TPSA) is 58.6 Å². The van der Waals surface area contributed by atoms with E-state index in [1.807, 2.05) is 17.5 Å². The minimum Gasteiger partial charge on any atom is -0.435 e. The van der Waals surface area contributed by atoms with Crippen LogP contribution in [0.25, 0.3) is 0 Å². The van der Waals surface area contributed by atoms with E-state index in [0.29, 0.717) is 18.7 Å². The van der Waals surface area contributed by atoms with Crippen LogP contribution in [0.15, 0.2) is 41.8 Å². The first kappa shape index (κ1) is 18.3. The molecule has 2 heterocycles.